The number of esters is 1. The molecule has 0 aliphatic rings. The van der Waals surface area contributed by atoms with Crippen LogP contribution in [0.25, 0.3) is 0 Å². The number of hydrogen-bond donors (Lipinski definition) is 0. The predicted molar refractivity (Wildman–Crippen MR) is 102 cm³/mol. The minimum absolute atomic E-state index is 0.00713. The zero-order valence-electron chi connectivity index (χ0n) is 15.2. The Morgan fingerprint density at radius 3 is 1.91 bits per heavy atom. The smallest absolute Gasteiger partial charge is 0.341 e. The molecule has 0 bridgehead atoms. The van der Waals surface area contributed by atoms with Crippen LogP contribution in [-0.4, -0.2) is 24.4 Å². The predicted octanol–water partition coefficient (Wildman–Crippen LogP) is 6.10. The summed E-state index contributed by atoms with van der Waals surface area (Å²) < 4.78 is 9.10. The van der Waals surface area contributed by atoms with Crippen LogP contribution in [0.2, 0.25) is 18.1 Å². The van der Waals surface area contributed by atoms with Gasteiger partial charge in [0.15, 0.2) is 8.32 Å². The number of rotatable bonds is 6. The van der Waals surface area contributed by atoms with E-state index < -0.39 is 18.3 Å². The van der Waals surface area contributed by atoms with E-state index in [9.17, 15) is 4.79 Å². The molecule has 0 heterocycles. The van der Waals surface area contributed by atoms with Crippen molar-refractivity contribution < 1.29 is 14.0 Å². The first-order valence-corrected chi connectivity index (χ1v) is 11.8. The van der Waals surface area contributed by atoms with Crippen molar-refractivity contribution >= 4 is 49.1 Å². The van der Waals surface area contributed by atoms with Crippen molar-refractivity contribution in [1.82, 2.24) is 0 Å². The van der Waals surface area contributed by atoms with Crippen LogP contribution < -0.4 is 0 Å². The van der Waals surface area contributed by atoms with Crippen LogP contribution in [0.15, 0.2) is 12.2 Å². The summed E-state index contributed by atoms with van der Waals surface area (Å²) in [5.41, 5.74) is 0. The number of alkyl halides is 3. The Morgan fingerprint density at radius 2 is 1.57 bits per heavy atom. The molecule has 0 aliphatic carbocycles. The van der Waals surface area contributed by atoms with E-state index in [2.05, 4.69) is 52.4 Å². The molecular formula is C16H29Cl3O3Si. The fraction of sp³-hybridized carbons (Fsp3) is 0.812. The molecule has 0 N–H and O–H groups in total. The molecule has 0 fully saturated rings. The number of halogens is 3. The maximum atomic E-state index is 11.6. The Labute approximate surface area is 156 Å². The van der Waals surface area contributed by atoms with Crippen molar-refractivity contribution in [2.75, 3.05) is 0 Å². The topological polar surface area (TPSA) is 35.5 Å². The van der Waals surface area contributed by atoms with Gasteiger partial charge in [0.05, 0.1) is 6.10 Å². The SMILES string of the molecule is CC(C)[C@@H](O[Si](C)(C)C(C)(C)C)[C@H](C)/C=C/C(=O)OC(Cl)(Cl)Cl. The largest absolute Gasteiger partial charge is 0.413 e. The molecular weight excluding hydrogens is 375 g/mol. The highest BCUT2D eigenvalue weighted by molar-refractivity contribution is 6.74. The summed E-state index contributed by atoms with van der Waals surface area (Å²) in [6.45, 7) is 17.3. The molecule has 7 heteroatoms. The summed E-state index contributed by atoms with van der Waals surface area (Å²) in [5.74, 6) is -0.341. The van der Waals surface area contributed by atoms with Crippen molar-refractivity contribution in [3.63, 3.8) is 0 Å². The second-order valence-electron chi connectivity index (χ2n) is 7.67. The summed E-state index contributed by atoms with van der Waals surface area (Å²) >= 11 is 16.3. The Balaban J connectivity index is 5.02. The van der Waals surface area contributed by atoms with Crippen molar-refractivity contribution in [3.05, 3.63) is 12.2 Å². The Hall–Kier alpha value is 0.257. The van der Waals surface area contributed by atoms with Gasteiger partial charge in [0.1, 0.15) is 0 Å². The van der Waals surface area contributed by atoms with E-state index >= 15 is 0 Å². The van der Waals surface area contributed by atoms with E-state index in [0.29, 0.717) is 5.92 Å². The van der Waals surface area contributed by atoms with Gasteiger partial charge in [-0.05, 0) is 64.8 Å². The van der Waals surface area contributed by atoms with Crippen LogP contribution in [0.5, 0.6) is 0 Å². The molecule has 0 saturated heterocycles. The standard InChI is InChI=1S/C16H29Cl3O3Si/c1-11(2)14(22-23(7,8)15(4,5)6)12(3)9-10-13(20)21-16(17,18)19/h9-12,14H,1-8H3/b10-9+/t12-,14-/m1/s1. The first-order chi connectivity index (χ1) is 10.1. The van der Waals surface area contributed by atoms with Crippen molar-refractivity contribution in [3.8, 4) is 0 Å². The van der Waals surface area contributed by atoms with E-state index in [1.165, 1.54) is 6.08 Å². The van der Waals surface area contributed by atoms with Crippen LogP contribution in [0.1, 0.15) is 41.5 Å². The molecule has 0 saturated carbocycles. The van der Waals surface area contributed by atoms with Crippen molar-refractivity contribution in [1.29, 1.82) is 0 Å². The normalized spacial score (nSPS) is 16.7. The third-order valence-corrected chi connectivity index (χ3v) is 8.87. The zero-order chi connectivity index (χ0) is 18.6. The highest BCUT2D eigenvalue weighted by Gasteiger charge is 2.40. The van der Waals surface area contributed by atoms with Crippen LogP contribution >= 0.6 is 34.8 Å². The molecule has 0 aromatic carbocycles. The van der Waals surface area contributed by atoms with Gasteiger partial charge in [-0.3, -0.25) is 0 Å². The average Bonchev–Trinajstić information content (AvgIpc) is 2.29. The van der Waals surface area contributed by atoms with Crippen LogP contribution in [0.3, 0.4) is 0 Å². The Kier molecular flexibility index (Phi) is 8.67. The van der Waals surface area contributed by atoms with Crippen LogP contribution in [0, 0.1) is 11.8 Å². The quantitative estimate of drug-likeness (QED) is 0.233. The lowest BCUT2D eigenvalue weighted by Crippen LogP contribution is -2.46. The van der Waals surface area contributed by atoms with E-state index in [1.807, 2.05) is 6.92 Å². The first-order valence-electron chi connectivity index (χ1n) is 7.72. The number of carbonyl (C=O) groups excluding carboxylic acids is 1. The summed E-state index contributed by atoms with van der Waals surface area (Å²) in [4.78, 5) is 11.6. The van der Waals surface area contributed by atoms with E-state index in [-0.39, 0.29) is 17.1 Å². The van der Waals surface area contributed by atoms with Gasteiger partial charge in [0.2, 0.25) is 0 Å². The zero-order valence-corrected chi connectivity index (χ0v) is 18.5. The molecule has 3 nitrogen and oxygen atoms in total. The number of carbonyl (C=O) groups is 1. The molecule has 0 spiro atoms. The number of hydrogen-bond acceptors (Lipinski definition) is 3. The summed E-state index contributed by atoms with van der Waals surface area (Å²) in [5, 5.41) is 0.123. The minimum Gasteiger partial charge on any atom is -0.413 e. The lowest BCUT2D eigenvalue weighted by Gasteiger charge is -2.42. The van der Waals surface area contributed by atoms with Gasteiger partial charge in [-0.25, -0.2) is 4.79 Å². The van der Waals surface area contributed by atoms with Crippen molar-refractivity contribution in [2.24, 2.45) is 11.8 Å². The van der Waals surface area contributed by atoms with Crippen LogP contribution in [-0.2, 0) is 14.0 Å². The molecule has 0 rings (SSSR count). The maximum absolute atomic E-state index is 11.6. The van der Waals surface area contributed by atoms with Gasteiger partial charge in [0.25, 0.3) is 0 Å². The summed E-state index contributed by atoms with van der Waals surface area (Å²) in [6.07, 6.45) is 3.04. The molecule has 0 amide bonds. The minimum atomic E-state index is -2.04. The van der Waals surface area contributed by atoms with Gasteiger partial charge in [-0.15, -0.1) is 0 Å². The molecule has 0 unspecified atom stereocenters. The summed E-state index contributed by atoms with van der Waals surface area (Å²) in [6, 6.07) is 0. The highest BCUT2D eigenvalue weighted by Crippen LogP contribution is 2.39. The van der Waals surface area contributed by atoms with E-state index in [0.717, 1.165) is 0 Å². The van der Waals surface area contributed by atoms with Gasteiger partial charge in [-0.1, -0.05) is 47.6 Å². The maximum Gasteiger partial charge on any atom is 0.341 e. The van der Waals surface area contributed by atoms with Crippen molar-refractivity contribution in [2.45, 2.75) is 69.8 Å². The van der Waals surface area contributed by atoms with Gasteiger partial charge in [-0.2, -0.15) is 0 Å². The van der Waals surface area contributed by atoms with E-state index in [4.69, 9.17) is 39.2 Å². The monoisotopic (exact) mass is 402 g/mol. The molecule has 0 aliphatic heterocycles. The highest BCUT2D eigenvalue weighted by atomic mass is 35.6. The molecule has 0 radical (unpaired) electrons. The average molecular weight is 404 g/mol. The Morgan fingerprint density at radius 1 is 1.09 bits per heavy atom. The molecule has 136 valence electrons. The third-order valence-electron chi connectivity index (χ3n) is 4.16. The van der Waals surface area contributed by atoms with Crippen LogP contribution in [0.4, 0.5) is 0 Å². The van der Waals surface area contributed by atoms with Gasteiger partial charge >= 0.3 is 9.95 Å². The summed E-state index contributed by atoms with van der Waals surface area (Å²) in [7, 11) is -1.90. The lowest BCUT2D eigenvalue weighted by atomic mass is 9.94. The molecule has 0 aromatic rings. The first kappa shape index (κ1) is 23.3. The fourth-order valence-corrected chi connectivity index (χ4v) is 3.60. The second kappa shape index (κ2) is 8.57. The second-order valence-corrected chi connectivity index (χ2v) is 14.6. The van der Waals surface area contributed by atoms with Gasteiger partial charge < -0.3 is 9.16 Å². The molecule has 0 aromatic heterocycles. The van der Waals surface area contributed by atoms with E-state index in [1.54, 1.807) is 6.08 Å². The molecule has 2 atom stereocenters. The lowest BCUT2D eigenvalue weighted by molar-refractivity contribution is -0.138. The third kappa shape index (κ3) is 8.78. The van der Waals surface area contributed by atoms with Gasteiger partial charge in [0, 0.05) is 6.08 Å². The number of ether oxygens (including phenoxy) is 1. The fourth-order valence-electron chi connectivity index (χ4n) is 1.86. The Bertz CT molecular complexity index is 423. The molecule has 23 heavy (non-hydrogen) atoms.